The van der Waals surface area contributed by atoms with Crippen LogP contribution in [0.15, 0.2) is 101 Å². The van der Waals surface area contributed by atoms with Gasteiger partial charge in [-0.1, -0.05) is 36.4 Å². The molecule has 274 valence electrons. The predicted molar refractivity (Wildman–Crippen MR) is 184 cm³/mol. The van der Waals surface area contributed by atoms with E-state index in [1.807, 2.05) is 0 Å². The van der Waals surface area contributed by atoms with Crippen molar-refractivity contribution in [1.29, 1.82) is 5.26 Å². The van der Waals surface area contributed by atoms with Crippen molar-refractivity contribution in [3.63, 3.8) is 0 Å². The number of nitriles is 1. The highest BCUT2D eigenvalue weighted by Crippen LogP contribution is 2.37. The molecule has 1 aliphatic heterocycles. The molecule has 0 saturated carbocycles. The van der Waals surface area contributed by atoms with Crippen LogP contribution >= 0.6 is 0 Å². The molecule has 1 unspecified atom stereocenters. The Kier molecular flexibility index (Phi) is 10.9. The third-order valence-corrected chi connectivity index (χ3v) is 12.7. The van der Waals surface area contributed by atoms with Crippen molar-refractivity contribution in [2.75, 3.05) is 32.5 Å². The van der Waals surface area contributed by atoms with Gasteiger partial charge in [-0.25, -0.2) is 25.5 Å². The summed E-state index contributed by atoms with van der Waals surface area (Å²) in [5.74, 6) is -2.55. The molecule has 4 aromatic rings. The molecule has 1 aliphatic rings. The Morgan fingerprint density at radius 3 is 2.12 bits per heavy atom. The smallest absolute Gasteiger partial charge is 0.379 e. The van der Waals surface area contributed by atoms with E-state index in [9.17, 15) is 49.6 Å². The molecular weight excluding hydrogens is 725 g/mol. The van der Waals surface area contributed by atoms with E-state index in [1.54, 1.807) is 36.4 Å². The van der Waals surface area contributed by atoms with Crippen LogP contribution in [-0.2, 0) is 37.4 Å². The summed E-state index contributed by atoms with van der Waals surface area (Å²) in [6.07, 6.45) is -5.29. The lowest BCUT2D eigenvalue weighted by molar-refractivity contribution is -0.142. The number of sulfonamides is 2. The molecule has 0 radical (unpaired) electrons. The van der Waals surface area contributed by atoms with Gasteiger partial charge in [-0.05, 0) is 90.0 Å². The minimum absolute atomic E-state index is 0.0182. The van der Waals surface area contributed by atoms with Gasteiger partial charge >= 0.3 is 6.18 Å². The number of carbonyl (C=O) groups excluding carboxylic acids is 1. The van der Waals surface area contributed by atoms with Crippen molar-refractivity contribution in [1.82, 2.24) is 8.61 Å². The topological polar surface area (TPSA) is 148 Å². The number of amides is 1. The van der Waals surface area contributed by atoms with Gasteiger partial charge in [0.25, 0.3) is 5.91 Å². The lowest BCUT2D eigenvalue weighted by Crippen LogP contribution is -2.54. The lowest BCUT2D eigenvalue weighted by Gasteiger charge is -2.40. The minimum atomic E-state index is -4.91. The van der Waals surface area contributed by atoms with Crippen LogP contribution < -0.4 is 5.32 Å². The van der Waals surface area contributed by atoms with Crippen LogP contribution in [-0.4, -0.2) is 69.2 Å². The maximum absolute atomic E-state index is 14.0. The first-order valence-corrected chi connectivity index (χ1v) is 18.8. The summed E-state index contributed by atoms with van der Waals surface area (Å²) in [5.41, 5.74) is -3.04. The molecule has 4 aromatic carbocycles. The summed E-state index contributed by atoms with van der Waals surface area (Å²) in [7, 11) is -5.01. The molecule has 0 aliphatic carbocycles. The van der Waals surface area contributed by atoms with Crippen molar-refractivity contribution in [2.45, 2.75) is 40.8 Å². The summed E-state index contributed by atoms with van der Waals surface area (Å²) in [6.45, 7) is -0.246. The second kappa shape index (κ2) is 14.8. The van der Waals surface area contributed by atoms with E-state index in [4.69, 9.17) is 0 Å². The summed E-state index contributed by atoms with van der Waals surface area (Å²) >= 11 is 0. The van der Waals surface area contributed by atoms with E-state index in [2.05, 4.69) is 5.32 Å². The number of alkyl halides is 3. The van der Waals surface area contributed by atoms with Gasteiger partial charge in [-0.3, -0.25) is 4.79 Å². The third-order valence-electron chi connectivity index (χ3n) is 9.02. The number of hydrogen-bond donors (Lipinski definition) is 2. The molecule has 1 fully saturated rings. The van der Waals surface area contributed by atoms with Crippen LogP contribution in [0.4, 0.5) is 23.2 Å². The quantitative estimate of drug-likeness (QED) is 0.199. The van der Waals surface area contributed by atoms with Gasteiger partial charge in [0.05, 0.1) is 27.0 Å². The molecule has 0 aromatic heterocycles. The zero-order valence-corrected chi connectivity index (χ0v) is 29.6. The van der Waals surface area contributed by atoms with Crippen LogP contribution in [0.2, 0.25) is 0 Å². The van der Waals surface area contributed by atoms with Crippen molar-refractivity contribution >= 4 is 31.6 Å². The molecule has 2 N–H and O–H groups in total. The van der Waals surface area contributed by atoms with Crippen molar-refractivity contribution in [3.8, 4) is 17.2 Å². The standard InChI is InChI=1S/C36H34F4N4O6S2/c1-43(2)51(47,48)32-8-4-7-26(20-32)25-6-3-5-24(19-25)22-35(46,34(45)42-30-12-9-27(23-41)33(21-30)36(38,39)40)28-15-17-44(18-16-28)52(49,50)31-13-10-29(37)11-14-31/h3-14,19-21,28,46H,15-18,22H2,1-2H3,(H,42,45). The SMILES string of the molecule is CN(C)S(=O)(=O)c1cccc(-c2cccc(CC(O)(C(=O)Nc3ccc(C#N)c(C(F)(F)F)c3)C3CCN(S(=O)(=O)c4ccc(F)cc4)CC3)c2)c1. The maximum Gasteiger partial charge on any atom is 0.417 e. The van der Waals surface area contributed by atoms with E-state index in [-0.39, 0.29) is 47.8 Å². The fourth-order valence-corrected chi connectivity index (χ4v) is 8.57. The zero-order valence-electron chi connectivity index (χ0n) is 27.9. The van der Waals surface area contributed by atoms with Crippen LogP contribution in [0.25, 0.3) is 11.1 Å². The van der Waals surface area contributed by atoms with Crippen molar-refractivity contribution in [2.24, 2.45) is 5.92 Å². The molecule has 16 heteroatoms. The lowest BCUT2D eigenvalue weighted by atomic mass is 9.76. The van der Waals surface area contributed by atoms with Gasteiger partial charge < -0.3 is 10.4 Å². The summed E-state index contributed by atoms with van der Waals surface area (Å²) in [5, 5.41) is 23.9. The van der Waals surface area contributed by atoms with Crippen LogP contribution in [0.5, 0.6) is 0 Å². The second-order valence-electron chi connectivity index (χ2n) is 12.6. The Labute approximate surface area is 299 Å². The van der Waals surface area contributed by atoms with Crippen molar-refractivity contribution < 1.29 is 44.3 Å². The van der Waals surface area contributed by atoms with Gasteiger partial charge in [-0.2, -0.15) is 22.7 Å². The van der Waals surface area contributed by atoms with Gasteiger partial charge in [-0.15, -0.1) is 0 Å². The molecule has 1 heterocycles. The van der Waals surface area contributed by atoms with Gasteiger partial charge in [0, 0.05) is 39.3 Å². The normalized spacial score (nSPS) is 15.9. The third kappa shape index (κ3) is 8.03. The second-order valence-corrected chi connectivity index (χ2v) is 16.7. The van der Waals surface area contributed by atoms with Gasteiger partial charge in [0.2, 0.25) is 20.0 Å². The van der Waals surface area contributed by atoms with Crippen LogP contribution in [0, 0.1) is 23.1 Å². The molecule has 10 nitrogen and oxygen atoms in total. The highest BCUT2D eigenvalue weighted by atomic mass is 32.2. The number of halogens is 4. The summed E-state index contributed by atoms with van der Waals surface area (Å²) in [4.78, 5) is 13.9. The number of anilines is 1. The first-order chi connectivity index (χ1) is 24.4. The summed E-state index contributed by atoms with van der Waals surface area (Å²) in [6, 6.07) is 21.2. The molecule has 0 bridgehead atoms. The highest BCUT2D eigenvalue weighted by Gasteiger charge is 2.46. The Balaban J connectivity index is 1.48. The molecule has 52 heavy (non-hydrogen) atoms. The molecule has 1 amide bonds. The fraction of sp³-hybridized carbons (Fsp3) is 0.278. The average Bonchev–Trinajstić information content (AvgIpc) is 3.11. The van der Waals surface area contributed by atoms with Crippen molar-refractivity contribution in [3.05, 3.63) is 114 Å². The Morgan fingerprint density at radius 2 is 1.52 bits per heavy atom. The number of carbonyl (C=O) groups is 1. The number of nitrogens with zero attached hydrogens (tertiary/aromatic N) is 3. The minimum Gasteiger partial charge on any atom is -0.379 e. The molecule has 1 saturated heterocycles. The average molecular weight is 759 g/mol. The van der Waals surface area contributed by atoms with E-state index in [0.717, 1.165) is 45.0 Å². The fourth-order valence-electron chi connectivity index (χ4n) is 6.15. The Hall–Kier alpha value is -4.66. The molecule has 0 spiro atoms. The molecule has 5 rings (SSSR count). The monoisotopic (exact) mass is 758 g/mol. The number of aliphatic hydroxyl groups is 1. The Bertz CT molecular complexity index is 2230. The molecule has 1 atom stereocenters. The number of rotatable bonds is 10. The van der Waals surface area contributed by atoms with E-state index >= 15 is 0 Å². The van der Waals surface area contributed by atoms with E-state index < -0.39 is 60.6 Å². The van der Waals surface area contributed by atoms with Gasteiger partial charge in [0.1, 0.15) is 11.4 Å². The summed E-state index contributed by atoms with van der Waals surface area (Å²) < 4.78 is 109. The maximum atomic E-state index is 14.0. The number of benzene rings is 4. The number of hydrogen-bond acceptors (Lipinski definition) is 7. The predicted octanol–water partition coefficient (Wildman–Crippen LogP) is 5.65. The Morgan fingerprint density at radius 1 is 0.904 bits per heavy atom. The van der Waals surface area contributed by atoms with Gasteiger partial charge in [0.15, 0.2) is 0 Å². The number of nitrogens with one attached hydrogen (secondary N) is 1. The van der Waals surface area contributed by atoms with E-state index in [0.29, 0.717) is 22.8 Å². The van der Waals surface area contributed by atoms with Crippen LogP contribution in [0.3, 0.4) is 0 Å². The first kappa shape index (κ1) is 38.6. The zero-order chi connectivity index (χ0) is 38.1. The largest absolute Gasteiger partial charge is 0.417 e. The molecular formula is C36H34F4N4O6S2. The number of piperidine rings is 1. The highest BCUT2D eigenvalue weighted by molar-refractivity contribution is 7.89. The van der Waals surface area contributed by atoms with Crippen LogP contribution in [0.1, 0.15) is 29.5 Å². The first-order valence-electron chi connectivity index (χ1n) is 15.9. The van der Waals surface area contributed by atoms with E-state index in [1.165, 1.54) is 32.3 Å².